The normalized spacial score (nSPS) is 14.4. The van der Waals surface area contributed by atoms with Gasteiger partial charge < -0.3 is 0 Å². The molecule has 2 nitrogen and oxygen atoms in total. The van der Waals surface area contributed by atoms with Gasteiger partial charge in [0.2, 0.25) is 0 Å². The van der Waals surface area contributed by atoms with Gasteiger partial charge in [0, 0.05) is 16.0 Å². The fourth-order valence-corrected chi connectivity index (χ4v) is 2.29. The van der Waals surface area contributed by atoms with Gasteiger partial charge in [0.15, 0.2) is 5.78 Å². The maximum Gasteiger partial charge on any atom is 0.178 e. The van der Waals surface area contributed by atoms with Crippen LogP contribution in [0.15, 0.2) is 24.3 Å². The van der Waals surface area contributed by atoms with Crippen LogP contribution in [0.1, 0.15) is 30.6 Å². The predicted molar refractivity (Wildman–Crippen MR) is 63.5 cm³/mol. The Kier molecular flexibility index (Phi) is 4.80. The van der Waals surface area contributed by atoms with Crippen LogP contribution < -0.4 is 0 Å². The van der Waals surface area contributed by atoms with Crippen molar-refractivity contribution in [2.24, 2.45) is 0 Å². The van der Waals surface area contributed by atoms with E-state index in [4.69, 9.17) is 0 Å². The van der Waals surface area contributed by atoms with Crippen LogP contribution in [-0.2, 0) is 10.8 Å². The van der Waals surface area contributed by atoms with Gasteiger partial charge in [-0.3, -0.25) is 9.00 Å². The topological polar surface area (TPSA) is 34.1 Å². The van der Waals surface area contributed by atoms with Gasteiger partial charge in [0.25, 0.3) is 0 Å². The summed E-state index contributed by atoms with van der Waals surface area (Å²) in [5.74, 6) is -1.04. The Morgan fingerprint density at radius 2 is 2.06 bits per heavy atom. The molecule has 0 aromatic heterocycles. The average Bonchev–Trinajstić information content (AvgIpc) is 2.28. The van der Waals surface area contributed by atoms with Crippen LogP contribution in [0.3, 0.4) is 0 Å². The Bertz CT molecular complexity index is 404. The molecular weight excluding hydrogens is 227 g/mol. The van der Waals surface area contributed by atoms with Crippen LogP contribution >= 0.6 is 0 Å². The monoisotopic (exact) mass is 242 g/mol. The van der Waals surface area contributed by atoms with E-state index in [1.54, 1.807) is 6.07 Å². The van der Waals surface area contributed by atoms with Crippen molar-refractivity contribution in [3.05, 3.63) is 35.6 Å². The van der Waals surface area contributed by atoms with Gasteiger partial charge in [-0.1, -0.05) is 26.0 Å². The summed E-state index contributed by atoms with van der Waals surface area (Å²) in [5.41, 5.74) is 0.0270. The second-order valence-electron chi connectivity index (χ2n) is 3.65. The second kappa shape index (κ2) is 5.89. The van der Waals surface area contributed by atoms with E-state index in [2.05, 4.69) is 0 Å². The van der Waals surface area contributed by atoms with E-state index >= 15 is 0 Å². The minimum atomic E-state index is -1.22. The van der Waals surface area contributed by atoms with Crippen molar-refractivity contribution >= 4 is 16.6 Å². The summed E-state index contributed by atoms with van der Waals surface area (Å²) >= 11 is 0. The number of benzene rings is 1. The number of rotatable bonds is 5. The zero-order chi connectivity index (χ0) is 12.1. The maximum absolute atomic E-state index is 13.3. The highest BCUT2D eigenvalue weighted by Crippen LogP contribution is 2.10. The highest BCUT2D eigenvalue weighted by molar-refractivity contribution is 7.86. The van der Waals surface area contributed by atoms with E-state index < -0.39 is 22.4 Å². The molecular formula is C12H15FO2S. The Hall–Kier alpha value is -1.03. The molecule has 16 heavy (non-hydrogen) atoms. The lowest BCUT2D eigenvalue weighted by atomic mass is 10.1. The van der Waals surface area contributed by atoms with Crippen LogP contribution in [0, 0.1) is 5.82 Å². The molecule has 0 aliphatic rings. The van der Waals surface area contributed by atoms with Crippen LogP contribution in [0.4, 0.5) is 4.39 Å². The van der Waals surface area contributed by atoms with E-state index in [9.17, 15) is 13.4 Å². The van der Waals surface area contributed by atoms with Crippen molar-refractivity contribution in [2.45, 2.75) is 25.5 Å². The van der Waals surface area contributed by atoms with Gasteiger partial charge in [-0.05, 0) is 18.6 Å². The molecule has 0 heterocycles. The lowest BCUT2D eigenvalue weighted by molar-refractivity contribution is 0.101. The third-order valence-electron chi connectivity index (χ3n) is 2.47. The number of ketones is 1. The predicted octanol–water partition coefficient (Wildman–Crippen LogP) is 2.56. The third kappa shape index (κ3) is 3.23. The van der Waals surface area contributed by atoms with Gasteiger partial charge >= 0.3 is 0 Å². The standard InChI is InChI=1S/C12H15FO2S/c1-3-9(2)16(15)8-12(14)10-6-4-5-7-11(10)13/h4-7,9H,3,8H2,1-2H3. The van der Waals surface area contributed by atoms with Crippen molar-refractivity contribution in [1.29, 1.82) is 0 Å². The summed E-state index contributed by atoms with van der Waals surface area (Å²) in [6, 6.07) is 5.78. The first-order valence-electron chi connectivity index (χ1n) is 5.21. The Morgan fingerprint density at radius 3 is 2.62 bits per heavy atom. The molecule has 88 valence electrons. The molecule has 1 rings (SSSR count). The van der Waals surface area contributed by atoms with Crippen molar-refractivity contribution in [3.63, 3.8) is 0 Å². The third-order valence-corrected chi connectivity index (χ3v) is 4.25. The maximum atomic E-state index is 13.3. The molecule has 0 aliphatic carbocycles. The lowest BCUT2D eigenvalue weighted by Gasteiger charge is -2.08. The molecule has 2 unspecified atom stereocenters. The zero-order valence-electron chi connectivity index (χ0n) is 9.40. The fraction of sp³-hybridized carbons (Fsp3) is 0.417. The number of carbonyl (C=O) groups excluding carboxylic acids is 1. The SMILES string of the molecule is CCC(C)S(=O)CC(=O)c1ccccc1F. The van der Waals surface area contributed by atoms with Gasteiger partial charge in [0.1, 0.15) is 5.82 Å². The summed E-state index contributed by atoms with van der Waals surface area (Å²) in [6.45, 7) is 3.74. The summed E-state index contributed by atoms with van der Waals surface area (Å²) in [4.78, 5) is 11.7. The van der Waals surface area contributed by atoms with E-state index in [0.29, 0.717) is 0 Å². The summed E-state index contributed by atoms with van der Waals surface area (Å²) in [6.07, 6.45) is 0.747. The fourth-order valence-electron chi connectivity index (χ4n) is 1.22. The molecule has 0 radical (unpaired) electrons. The molecule has 0 saturated heterocycles. The van der Waals surface area contributed by atoms with Gasteiger partial charge in [0.05, 0.1) is 11.3 Å². The largest absolute Gasteiger partial charge is 0.293 e. The molecule has 0 saturated carbocycles. The van der Waals surface area contributed by atoms with Crippen LogP contribution in [0.25, 0.3) is 0 Å². The quantitative estimate of drug-likeness (QED) is 0.744. The first kappa shape index (κ1) is 13.0. The van der Waals surface area contributed by atoms with Crippen molar-refractivity contribution < 1.29 is 13.4 Å². The molecule has 0 bridgehead atoms. The summed E-state index contributed by atoms with van der Waals surface area (Å²) < 4.78 is 24.9. The van der Waals surface area contributed by atoms with E-state index in [0.717, 1.165) is 6.42 Å². The van der Waals surface area contributed by atoms with Crippen LogP contribution in [-0.4, -0.2) is 21.0 Å². The molecule has 0 N–H and O–H groups in total. The Balaban J connectivity index is 2.74. The number of hydrogen-bond donors (Lipinski definition) is 0. The second-order valence-corrected chi connectivity index (χ2v) is 5.50. The highest BCUT2D eigenvalue weighted by atomic mass is 32.2. The first-order chi connectivity index (χ1) is 7.56. The molecule has 0 fully saturated rings. The Labute approximate surface area is 97.3 Å². The van der Waals surface area contributed by atoms with E-state index in [1.807, 2.05) is 13.8 Å². The summed E-state index contributed by atoms with van der Waals surface area (Å²) in [5, 5.41) is -0.0317. The van der Waals surface area contributed by atoms with E-state index in [-0.39, 0.29) is 16.6 Å². The molecule has 1 aromatic rings. The minimum Gasteiger partial charge on any atom is -0.293 e. The number of halogens is 1. The molecule has 0 spiro atoms. The smallest absolute Gasteiger partial charge is 0.178 e. The highest BCUT2D eigenvalue weighted by Gasteiger charge is 2.17. The number of carbonyl (C=O) groups is 1. The van der Waals surface area contributed by atoms with Gasteiger partial charge in [-0.2, -0.15) is 0 Å². The first-order valence-corrected chi connectivity index (χ1v) is 6.59. The van der Waals surface area contributed by atoms with Crippen LogP contribution in [0.5, 0.6) is 0 Å². The molecule has 0 aliphatic heterocycles. The van der Waals surface area contributed by atoms with Crippen LogP contribution in [0.2, 0.25) is 0 Å². The van der Waals surface area contributed by atoms with Crippen molar-refractivity contribution in [3.8, 4) is 0 Å². The zero-order valence-corrected chi connectivity index (χ0v) is 10.2. The molecule has 4 heteroatoms. The average molecular weight is 242 g/mol. The van der Waals surface area contributed by atoms with Gasteiger partial charge in [-0.15, -0.1) is 0 Å². The lowest BCUT2D eigenvalue weighted by Crippen LogP contribution is -2.19. The summed E-state index contributed by atoms with van der Waals surface area (Å²) in [7, 11) is -1.22. The number of hydrogen-bond acceptors (Lipinski definition) is 2. The number of Topliss-reactive ketones (excluding diaryl/α,β-unsaturated/α-hetero) is 1. The van der Waals surface area contributed by atoms with Gasteiger partial charge in [-0.25, -0.2) is 4.39 Å². The van der Waals surface area contributed by atoms with Crippen molar-refractivity contribution in [1.82, 2.24) is 0 Å². The van der Waals surface area contributed by atoms with E-state index in [1.165, 1.54) is 18.2 Å². The van der Waals surface area contributed by atoms with Crippen molar-refractivity contribution in [2.75, 3.05) is 5.75 Å². The minimum absolute atomic E-state index is 0.0270. The molecule has 2 atom stereocenters. The Morgan fingerprint density at radius 1 is 1.44 bits per heavy atom. The molecule has 1 aromatic carbocycles. The molecule has 0 amide bonds.